The molecule has 0 spiro atoms. The number of aromatic nitrogens is 1. The van der Waals surface area contributed by atoms with Gasteiger partial charge in [0.05, 0.1) is 5.56 Å². The van der Waals surface area contributed by atoms with Gasteiger partial charge in [-0.1, -0.05) is 30.3 Å². The van der Waals surface area contributed by atoms with Gasteiger partial charge >= 0.3 is 0 Å². The summed E-state index contributed by atoms with van der Waals surface area (Å²) in [7, 11) is 0. The molecular formula is C17H17BrN2O. The summed E-state index contributed by atoms with van der Waals surface area (Å²) in [4.78, 5) is 18.8. The zero-order chi connectivity index (χ0) is 14.7. The quantitative estimate of drug-likeness (QED) is 0.795. The van der Waals surface area contributed by atoms with Gasteiger partial charge in [-0.25, -0.2) is 4.98 Å². The van der Waals surface area contributed by atoms with E-state index < -0.39 is 0 Å². The first-order chi connectivity index (χ1) is 10.2. The summed E-state index contributed by atoms with van der Waals surface area (Å²) < 4.78 is 0.751. The Kier molecular flexibility index (Phi) is 4.34. The molecule has 1 aliphatic rings. The van der Waals surface area contributed by atoms with Crippen molar-refractivity contribution in [3.05, 3.63) is 64.4 Å². The summed E-state index contributed by atoms with van der Waals surface area (Å²) in [5.74, 6) is 0.0911. The van der Waals surface area contributed by atoms with E-state index in [-0.39, 0.29) is 5.91 Å². The molecule has 0 bridgehead atoms. The second-order valence-electron chi connectivity index (χ2n) is 5.35. The van der Waals surface area contributed by atoms with Crippen molar-refractivity contribution >= 4 is 21.8 Å². The van der Waals surface area contributed by atoms with E-state index in [0.717, 1.165) is 30.4 Å². The highest BCUT2D eigenvalue weighted by atomic mass is 79.9. The minimum atomic E-state index is 0.0911. The molecule has 0 aliphatic carbocycles. The first kappa shape index (κ1) is 14.3. The van der Waals surface area contributed by atoms with Crippen molar-refractivity contribution in [1.29, 1.82) is 0 Å². The average Bonchev–Trinajstić information content (AvgIpc) is 2.96. The van der Waals surface area contributed by atoms with Gasteiger partial charge in [0.15, 0.2) is 0 Å². The number of benzene rings is 1. The maximum absolute atomic E-state index is 12.6. The molecule has 0 N–H and O–H groups in total. The van der Waals surface area contributed by atoms with Crippen molar-refractivity contribution in [2.24, 2.45) is 0 Å². The lowest BCUT2D eigenvalue weighted by atomic mass is 10.0. The van der Waals surface area contributed by atoms with E-state index in [4.69, 9.17) is 0 Å². The van der Waals surface area contributed by atoms with Gasteiger partial charge in [0.1, 0.15) is 4.60 Å². The molecule has 1 atom stereocenters. The van der Waals surface area contributed by atoms with Crippen LogP contribution in [0.25, 0.3) is 0 Å². The zero-order valence-corrected chi connectivity index (χ0v) is 13.3. The molecule has 2 aromatic rings. The monoisotopic (exact) mass is 344 g/mol. The maximum atomic E-state index is 12.6. The van der Waals surface area contributed by atoms with Crippen molar-refractivity contribution < 1.29 is 4.79 Å². The fourth-order valence-electron chi connectivity index (χ4n) is 2.87. The number of hydrogen-bond acceptors (Lipinski definition) is 2. The third-order valence-corrected chi connectivity index (χ3v) is 4.40. The van der Waals surface area contributed by atoms with Crippen molar-refractivity contribution in [3.8, 4) is 0 Å². The van der Waals surface area contributed by atoms with E-state index in [1.807, 2.05) is 23.1 Å². The van der Waals surface area contributed by atoms with Gasteiger partial charge in [0, 0.05) is 18.8 Å². The number of hydrogen-bond donors (Lipinski definition) is 0. The van der Waals surface area contributed by atoms with Gasteiger partial charge in [0.25, 0.3) is 5.91 Å². The number of rotatable bonds is 3. The molecule has 21 heavy (non-hydrogen) atoms. The lowest BCUT2D eigenvalue weighted by Crippen LogP contribution is -2.36. The molecule has 0 radical (unpaired) electrons. The number of likely N-dealkylation sites (tertiary alicyclic amines) is 1. The third kappa shape index (κ3) is 3.32. The van der Waals surface area contributed by atoms with Gasteiger partial charge in [-0.2, -0.15) is 0 Å². The lowest BCUT2D eigenvalue weighted by molar-refractivity contribution is 0.0736. The molecule has 1 amide bonds. The predicted molar refractivity (Wildman–Crippen MR) is 86.1 cm³/mol. The van der Waals surface area contributed by atoms with E-state index in [9.17, 15) is 4.79 Å². The standard InChI is InChI=1S/C17H17BrN2O/c18-16-9-8-14(12-19-16)17(21)20-10-4-7-15(20)11-13-5-2-1-3-6-13/h1-3,5-6,8-9,12,15H,4,7,10-11H2. The van der Waals surface area contributed by atoms with Gasteiger partial charge in [-0.15, -0.1) is 0 Å². The van der Waals surface area contributed by atoms with Crippen LogP contribution >= 0.6 is 15.9 Å². The van der Waals surface area contributed by atoms with Gasteiger partial charge in [-0.3, -0.25) is 4.79 Å². The van der Waals surface area contributed by atoms with Crippen LogP contribution < -0.4 is 0 Å². The molecular weight excluding hydrogens is 328 g/mol. The van der Waals surface area contributed by atoms with Crippen molar-refractivity contribution in [3.63, 3.8) is 0 Å². The highest BCUT2D eigenvalue weighted by Gasteiger charge is 2.29. The van der Waals surface area contributed by atoms with Crippen LogP contribution in [-0.2, 0) is 6.42 Å². The Morgan fingerprint density at radius 1 is 1.24 bits per heavy atom. The third-order valence-electron chi connectivity index (χ3n) is 3.93. The Hall–Kier alpha value is -1.68. The normalized spacial score (nSPS) is 18.0. The Morgan fingerprint density at radius 2 is 2.05 bits per heavy atom. The van der Waals surface area contributed by atoms with Crippen LogP contribution in [0.2, 0.25) is 0 Å². The molecule has 3 nitrogen and oxygen atoms in total. The largest absolute Gasteiger partial charge is 0.335 e. The van der Waals surface area contributed by atoms with Crippen molar-refractivity contribution in [1.82, 2.24) is 9.88 Å². The fourth-order valence-corrected chi connectivity index (χ4v) is 3.10. The Bertz CT molecular complexity index is 612. The molecule has 4 heteroatoms. The highest BCUT2D eigenvalue weighted by molar-refractivity contribution is 9.10. The summed E-state index contributed by atoms with van der Waals surface area (Å²) in [5, 5.41) is 0. The van der Waals surface area contributed by atoms with E-state index in [1.165, 1.54) is 5.56 Å². The number of amides is 1. The van der Waals surface area contributed by atoms with Gasteiger partial charge < -0.3 is 4.90 Å². The average molecular weight is 345 g/mol. The lowest BCUT2D eigenvalue weighted by Gasteiger charge is -2.25. The van der Waals surface area contributed by atoms with Crippen molar-refractivity contribution in [2.75, 3.05) is 6.54 Å². The number of carbonyl (C=O) groups excluding carboxylic acids is 1. The van der Waals surface area contributed by atoms with E-state index in [0.29, 0.717) is 11.6 Å². The van der Waals surface area contributed by atoms with Crippen LogP contribution in [0.3, 0.4) is 0 Å². The molecule has 108 valence electrons. The number of pyridine rings is 1. The SMILES string of the molecule is O=C(c1ccc(Br)nc1)N1CCCC1Cc1ccccc1. The molecule has 3 rings (SSSR count). The van der Waals surface area contributed by atoms with Crippen molar-refractivity contribution in [2.45, 2.75) is 25.3 Å². The Labute approximate surface area is 133 Å². The summed E-state index contributed by atoms with van der Waals surface area (Å²) in [5.41, 5.74) is 1.95. The molecule has 1 aromatic carbocycles. The van der Waals surface area contributed by atoms with Crippen LogP contribution in [-0.4, -0.2) is 28.4 Å². The second kappa shape index (κ2) is 6.39. The summed E-state index contributed by atoms with van der Waals surface area (Å²) >= 11 is 3.30. The molecule has 1 aromatic heterocycles. The summed E-state index contributed by atoms with van der Waals surface area (Å²) in [6, 6.07) is 14.3. The summed E-state index contributed by atoms with van der Waals surface area (Å²) in [6.45, 7) is 0.840. The maximum Gasteiger partial charge on any atom is 0.255 e. The van der Waals surface area contributed by atoms with Crippen LogP contribution in [0, 0.1) is 0 Å². The molecule has 2 heterocycles. The Balaban J connectivity index is 1.74. The van der Waals surface area contributed by atoms with Gasteiger partial charge in [-0.05, 0) is 52.9 Å². The molecule has 1 unspecified atom stereocenters. The predicted octanol–water partition coefficient (Wildman–Crippen LogP) is 3.69. The Morgan fingerprint density at radius 3 is 2.76 bits per heavy atom. The number of carbonyl (C=O) groups is 1. The fraction of sp³-hybridized carbons (Fsp3) is 0.294. The minimum absolute atomic E-state index is 0.0911. The van der Waals surface area contributed by atoms with Crippen LogP contribution in [0.15, 0.2) is 53.3 Å². The molecule has 1 saturated heterocycles. The van der Waals surface area contributed by atoms with Crippen LogP contribution in [0.5, 0.6) is 0 Å². The highest BCUT2D eigenvalue weighted by Crippen LogP contribution is 2.23. The first-order valence-corrected chi connectivity index (χ1v) is 8.00. The second-order valence-corrected chi connectivity index (χ2v) is 6.17. The first-order valence-electron chi connectivity index (χ1n) is 7.20. The molecule has 1 fully saturated rings. The van der Waals surface area contributed by atoms with Crippen LogP contribution in [0.4, 0.5) is 0 Å². The zero-order valence-electron chi connectivity index (χ0n) is 11.7. The molecule has 1 aliphatic heterocycles. The van der Waals surface area contributed by atoms with E-state index in [2.05, 4.69) is 45.2 Å². The van der Waals surface area contributed by atoms with E-state index >= 15 is 0 Å². The number of halogens is 1. The topological polar surface area (TPSA) is 33.2 Å². The minimum Gasteiger partial charge on any atom is -0.335 e. The smallest absolute Gasteiger partial charge is 0.255 e. The van der Waals surface area contributed by atoms with Gasteiger partial charge in [0.2, 0.25) is 0 Å². The van der Waals surface area contributed by atoms with E-state index in [1.54, 1.807) is 6.20 Å². The number of nitrogens with zero attached hydrogens (tertiary/aromatic N) is 2. The van der Waals surface area contributed by atoms with Crippen LogP contribution in [0.1, 0.15) is 28.8 Å². The molecule has 0 saturated carbocycles. The summed E-state index contributed by atoms with van der Waals surface area (Å²) in [6.07, 6.45) is 4.72.